The first-order valence-corrected chi connectivity index (χ1v) is 9.62. The predicted molar refractivity (Wildman–Crippen MR) is 90.2 cm³/mol. The van der Waals surface area contributed by atoms with Gasteiger partial charge in [0.05, 0.1) is 12.7 Å². The molecule has 0 unspecified atom stereocenters. The van der Waals surface area contributed by atoms with Crippen molar-refractivity contribution >= 4 is 21.9 Å². The molecule has 0 bridgehead atoms. The highest BCUT2D eigenvalue weighted by molar-refractivity contribution is 7.88. The average Bonchev–Trinajstić information content (AvgIpc) is 2.45. The molecule has 2 rings (SSSR count). The van der Waals surface area contributed by atoms with Gasteiger partial charge in [0.15, 0.2) is 0 Å². The van der Waals surface area contributed by atoms with E-state index in [1.54, 1.807) is 12.4 Å². The van der Waals surface area contributed by atoms with Crippen LogP contribution in [0.3, 0.4) is 0 Å². The van der Waals surface area contributed by atoms with E-state index in [4.69, 9.17) is 4.74 Å². The summed E-state index contributed by atoms with van der Waals surface area (Å²) < 4.78 is 29.7. The molecule has 0 saturated carbocycles. The Labute approximate surface area is 142 Å². The number of piperazine rings is 1. The van der Waals surface area contributed by atoms with E-state index < -0.39 is 15.6 Å². The van der Waals surface area contributed by atoms with Gasteiger partial charge in [-0.25, -0.2) is 18.4 Å². The van der Waals surface area contributed by atoms with E-state index in [0.29, 0.717) is 37.7 Å². The third-order valence-corrected chi connectivity index (χ3v) is 4.75. The SMILES string of the molecule is CC(C)(C)OC(=O)Cc1cnc(N2CCN(S(C)(=O)=O)CC2)nc1. The summed E-state index contributed by atoms with van der Waals surface area (Å²) in [7, 11) is -3.15. The van der Waals surface area contributed by atoms with E-state index in [0.717, 1.165) is 0 Å². The molecule has 0 aromatic carbocycles. The molecule has 0 N–H and O–H groups in total. The van der Waals surface area contributed by atoms with E-state index in [1.807, 2.05) is 25.7 Å². The molecule has 1 aliphatic rings. The zero-order valence-corrected chi connectivity index (χ0v) is 15.3. The first-order valence-electron chi connectivity index (χ1n) is 7.77. The average molecular weight is 356 g/mol. The molecular formula is C15H24N4O4S. The number of hydrogen-bond donors (Lipinski definition) is 0. The Morgan fingerprint density at radius 1 is 1.17 bits per heavy atom. The fraction of sp³-hybridized carbons (Fsp3) is 0.667. The van der Waals surface area contributed by atoms with Crippen LogP contribution in [0.5, 0.6) is 0 Å². The summed E-state index contributed by atoms with van der Waals surface area (Å²) in [5.74, 6) is 0.219. The largest absolute Gasteiger partial charge is 0.460 e. The number of rotatable bonds is 4. The van der Waals surface area contributed by atoms with E-state index in [1.165, 1.54) is 10.6 Å². The molecule has 0 amide bonds. The number of nitrogens with zero attached hydrogens (tertiary/aromatic N) is 4. The zero-order chi connectivity index (χ0) is 18.0. The van der Waals surface area contributed by atoms with Crippen LogP contribution >= 0.6 is 0 Å². The van der Waals surface area contributed by atoms with Crippen molar-refractivity contribution in [3.05, 3.63) is 18.0 Å². The van der Waals surface area contributed by atoms with Crippen molar-refractivity contribution < 1.29 is 17.9 Å². The number of anilines is 1. The quantitative estimate of drug-likeness (QED) is 0.723. The number of aromatic nitrogens is 2. The third kappa shape index (κ3) is 5.41. The molecule has 0 radical (unpaired) electrons. The van der Waals surface area contributed by atoms with E-state index in [-0.39, 0.29) is 12.4 Å². The maximum Gasteiger partial charge on any atom is 0.310 e. The summed E-state index contributed by atoms with van der Waals surface area (Å²) in [6.45, 7) is 7.38. The topological polar surface area (TPSA) is 92.7 Å². The molecule has 0 spiro atoms. The molecule has 134 valence electrons. The normalized spacial score (nSPS) is 16.9. The van der Waals surface area contributed by atoms with Crippen molar-refractivity contribution in [2.24, 2.45) is 0 Å². The molecule has 1 aromatic heterocycles. The minimum atomic E-state index is -3.15. The van der Waals surface area contributed by atoms with Gasteiger partial charge in [-0.2, -0.15) is 4.31 Å². The standard InChI is InChI=1S/C15H24N4O4S/c1-15(2,3)23-13(20)9-12-10-16-14(17-11-12)18-5-7-19(8-6-18)24(4,21)22/h10-11H,5-9H2,1-4H3. The zero-order valence-electron chi connectivity index (χ0n) is 14.5. The number of carbonyl (C=O) groups is 1. The lowest BCUT2D eigenvalue weighted by molar-refractivity contribution is -0.153. The van der Waals surface area contributed by atoms with E-state index in [9.17, 15) is 13.2 Å². The molecule has 8 nitrogen and oxygen atoms in total. The predicted octanol–water partition coefficient (Wildman–Crippen LogP) is 0.442. The molecular weight excluding hydrogens is 332 g/mol. The second-order valence-corrected chi connectivity index (χ2v) is 8.79. The van der Waals surface area contributed by atoms with Crippen LogP contribution in [0.4, 0.5) is 5.95 Å². The highest BCUT2D eigenvalue weighted by atomic mass is 32.2. The first kappa shape index (κ1) is 18.6. The smallest absolute Gasteiger partial charge is 0.310 e. The fourth-order valence-corrected chi connectivity index (χ4v) is 3.19. The van der Waals surface area contributed by atoms with Crippen molar-refractivity contribution in [1.29, 1.82) is 0 Å². The molecule has 9 heteroatoms. The number of ether oxygens (including phenoxy) is 1. The number of hydrogen-bond acceptors (Lipinski definition) is 7. The first-order chi connectivity index (χ1) is 11.0. The molecule has 0 aliphatic carbocycles. The monoisotopic (exact) mass is 356 g/mol. The maximum atomic E-state index is 11.8. The Bertz CT molecular complexity index is 674. The maximum absolute atomic E-state index is 11.8. The second kappa shape index (κ2) is 7.02. The van der Waals surface area contributed by atoms with Crippen LogP contribution in [0, 0.1) is 0 Å². The molecule has 2 heterocycles. The highest BCUT2D eigenvalue weighted by Gasteiger charge is 2.24. The lowest BCUT2D eigenvalue weighted by Gasteiger charge is -2.33. The van der Waals surface area contributed by atoms with Crippen LogP contribution in [-0.4, -0.2) is 66.7 Å². The van der Waals surface area contributed by atoms with Crippen molar-refractivity contribution in [3.63, 3.8) is 0 Å². The van der Waals surface area contributed by atoms with Gasteiger partial charge in [0.2, 0.25) is 16.0 Å². The number of carbonyl (C=O) groups excluding carboxylic acids is 1. The summed E-state index contributed by atoms with van der Waals surface area (Å²) in [6, 6.07) is 0. The van der Waals surface area contributed by atoms with Crippen molar-refractivity contribution in [3.8, 4) is 0 Å². The number of sulfonamides is 1. The Morgan fingerprint density at radius 3 is 2.17 bits per heavy atom. The third-order valence-electron chi connectivity index (χ3n) is 3.45. The fourth-order valence-electron chi connectivity index (χ4n) is 2.37. The number of esters is 1. The summed E-state index contributed by atoms with van der Waals surface area (Å²) in [4.78, 5) is 22.3. The Morgan fingerprint density at radius 2 is 1.71 bits per heavy atom. The van der Waals surface area contributed by atoms with Gasteiger partial charge in [0.25, 0.3) is 0 Å². The van der Waals surface area contributed by atoms with E-state index >= 15 is 0 Å². The van der Waals surface area contributed by atoms with Crippen molar-refractivity contribution in [2.75, 3.05) is 37.3 Å². The van der Waals surface area contributed by atoms with Crippen LogP contribution in [0.2, 0.25) is 0 Å². The van der Waals surface area contributed by atoms with Gasteiger partial charge in [0, 0.05) is 44.1 Å². The minimum absolute atomic E-state index is 0.124. The summed E-state index contributed by atoms with van der Waals surface area (Å²) in [5, 5.41) is 0. The van der Waals surface area contributed by atoms with E-state index in [2.05, 4.69) is 9.97 Å². The van der Waals surface area contributed by atoms with Gasteiger partial charge < -0.3 is 9.64 Å². The van der Waals surface area contributed by atoms with Gasteiger partial charge in [-0.1, -0.05) is 0 Å². The van der Waals surface area contributed by atoms with Gasteiger partial charge in [-0.05, 0) is 20.8 Å². The van der Waals surface area contributed by atoms with Gasteiger partial charge in [-0.3, -0.25) is 4.79 Å². The summed E-state index contributed by atoms with van der Waals surface area (Å²) in [5.41, 5.74) is 0.166. The van der Waals surface area contributed by atoms with Crippen molar-refractivity contribution in [2.45, 2.75) is 32.8 Å². The molecule has 24 heavy (non-hydrogen) atoms. The van der Waals surface area contributed by atoms with Gasteiger partial charge in [0.1, 0.15) is 5.60 Å². The van der Waals surface area contributed by atoms with Gasteiger partial charge >= 0.3 is 5.97 Å². The second-order valence-electron chi connectivity index (χ2n) is 6.80. The van der Waals surface area contributed by atoms with Crippen LogP contribution in [-0.2, 0) is 26.0 Å². The molecule has 1 fully saturated rings. The summed E-state index contributed by atoms with van der Waals surface area (Å²) in [6.07, 6.45) is 4.55. The van der Waals surface area contributed by atoms with Crippen molar-refractivity contribution in [1.82, 2.24) is 14.3 Å². The van der Waals surface area contributed by atoms with Crippen LogP contribution in [0.1, 0.15) is 26.3 Å². The molecule has 0 atom stereocenters. The highest BCUT2D eigenvalue weighted by Crippen LogP contribution is 2.14. The Kier molecular flexibility index (Phi) is 5.44. The molecule has 1 saturated heterocycles. The Hall–Kier alpha value is -1.74. The van der Waals surface area contributed by atoms with Gasteiger partial charge in [-0.15, -0.1) is 0 Å². The molecule has 1 aromatic rings. The van der Waals surface area contributed by atoms with Crippen LogP contribution in [0.25, 0.3) is 0 Å². The minimum Gasteiger partial charge on any atom is -0.460 e. The lowest BCUT2D eigenvalue weighted by atomic mass is 10.2. The summed E-state index contributed by atoms with van der Waals surface area (Å²) >= 11 is 0. The van der Waals surface area contributed by atoms with Crippen LogP contribution < -0.4 is 4.90 Å². The Balaban J connectivity index is 1.92. The lowest BCUT2D eigenvalue weighted by Crippen LogP contribution is -2.48. The van der Waals surface area contributed by atoms with Crippen LogP contribution in [0.15, 0.2) is 12.4 Å². The molecule has 1 aliphatic heterocycles.